The van der Waals surface area contributed by atoms with Crippen LogP contribution in [0.15, 0.2) is 344 Å². The Morgan fingerprint density at radius 2 is 1.06 bits per heavy atom. The van der Waals surface area contributed by atoms with Crippen LogP contribution in [-0.4, -0.2) is 62.9 Å². The lowest BCUT2D eigenvalue weighted by atomic mass is 10.1. The number of likely N-dealkylation sites (N-methyl/N-ethyl adjacent to an activating group) is 1. The standard InChI is InChI=1S/C33H21N2S2.C29H29N4O2S4.C28H24N3S2.C25H30N3OS.3HI/c1-3-14-28-26(12-1)34-20-18-22(24-10-6-16-30(36-28)32(24)34)8-5-9-23-19-21-35-27-13-2-4-15-29(27)37-31-17-7-11-25(23)33(31)35;1-5-30-18-13-9-11-15-20(18)36-22(30)17-23-32(7-3)26(34)24(38-23)29-33(8-4)27(35)25(39-29)28-31(6-2)19-14-10-12-16-21(19)37-28;1-3-30-25(32-23-17-16-19-10-5-7-12-21(19)27(23)30)14-9-15-26-31(4-2)28-24(33-26)18-20-11-6-8-13-22(20)29-28;1-4-26(5-2)18-19-28-21-13-8-10-15-23(21)30-25(28)17-11-16-24-27(6-3)20-12-7-9-14-22(20)29-24;;;/h1-21H;9-17H,5-8H2,1-4H3;5-18H,3-4H2,1-2H3;7-17H,4-6,18-19H2,1-3H3;3*1H/q4*+1;;;/p-3/b;28-25+,29-24-;;;;;. The largest absolute Gasteiger partial charge is 1.00 e. The molecule has 24 rings (SSSR count). The lowest BCUT2D eigenvalue weighted by molar-refractivity contribution is -0.668. The minimum atomic E-state index is -0.0346. The third-order valence-electron chi connectivity index (χ3n) is 25.8. The second kappa shape index (κ2) is 45.3. The van der Waals surface area contributed by atoms with Crippen LogP contribution in [0.25, 0.3) is 130 Å². The molecule has 0 saturated heterocycles. The van der Waals surface area contributed by atoms with Crippen LogP contribution in [0.2, 0.25) is 0 Å². The van der Waals surface area contributed by atoms with Crippen molar-refractivity contribution in [2.45, 2.75) is 115 Å². The summed E-state index contributed by atoms with van der Waals surface area (Å²) in [5, 5.41) is 13.4. The Kier molecular flexibility index (Phi) is 32.4. The third-order valence-corrected chi connectivity index (χ3v) is 36.2. The molecule has 0 saturated carbocycles. The Bertz CT molecular complexity index is 8800. The van der Waals surface area contributed by atoms with Crippen LogP contribution >= 0.6 is 103 Å². The van der Waals surface area contributed by atoms with E-state index < -0.39 is 0 Å². The zero-order chi connectivity index (χ0) is 94.9. The number of rotatable bonds is 19. The number of thiazole rings is 5. The van der Waals surface area contributed by atoms with E-state index >= 15 is 0 Å². The van der Waals surface area contributed by atoms with E-state index in [1.807, 2.05) is 88.9 Å². The van der Waals surface area contributed by atoms with Gasteiger partial charge in [0, 0.05) is 95.2 Å². The first-order valence-corrected chi connectivity index (χ1v) is 55.0. The number of aryl methyl sites for hydroxylation is 2. The summed E-state index contributed by atoms with van der Waals surface area (Å²) in [6.07, 6.45) is 26.3. The Hall–Kier alpha value is -10.6. The molecule has 0 unspecified atom stereocenters. The van der Waals surface area contributed by atoms with Crippen molar-refractivity contribution < 1.29 is 94.9 Å². The average molecular weight is 2370 g/mol. The molecule has 18 aromatic rings. The molecule has 13 heterocycles. The number of pyridine rings is 3. The molecule has 7 aromatic heterocycles. The summed E-state index contributed by atoms with van der Waals surface area (Å²) < 4.78 is 30.7. The second-order valence-corrected chi connectivity index (χ2v) is 43.0. The van der Waals surface area contributed by atoms with Crippen LogP contribution in [0.1, 0.15) is 82.9 Å². The van der Waals surface area contributed by atoms with Gasteiger partial charge in [-0.15, -0.1) is 34.0 Å². The summed E-state index contributed by atoms with van der Waals surface area (Å²) in [4.78, 5) is 46.8. The van der Waals surface area contributed by atoms with Gasteiger partial charge in [-0.2, -0.15) is 13.7 Å². The first-order chi connectivity index (χ1) is 68.4. The number of ether oxygens (including phenoxy) is 1. The zero-order valence-electron chi connectivity index (χ0n) is 79.9. The molecule has 0 fully saturated rings. The van der Waals surface area contributed by atoms with Gasteiger partial charge in [0.1, 0.15) is 44.1 Å². The topological polar surface area (TPSA) is 99.5 Å². The van der Waals surface area contributed by atoms with Crippen LogP contribution < -0.4 is 135 Å². The molecule has 0 amide bonds. The molecule has 142 heavy (non-hydrogen) atoms. The molecule has 0 bridgehead atoms. The molecular formula is C115H104I3N12O3S9+. The fraction of sp³-hybridized carbons (Fsp3) is 0.174. The number of nitrogens with zero attached hydrogens (tertiary/aromatic N) is 12. The maximum Gasteiger partial charge on any atom is 0.342 e. The molecule has 15 nitrogen and oxygen atoms in total. The number of allylic oxidation sites excluding steroid dienone is 5. The number of aromatic nitrogens is 8. The Morgan fingerprint density at radius 1 is 0.437 bits per heavy atom. The van der Waals surface area contributed by atoms with E-state index in [1.165, 1.54) is 153 Å². The minimum Gasteiger partial charge on any atom is -1.00 e. The summed E-state index contributed by atoms with van der Waals surface area (Å²) >= 11 is 15.5. The minimum absolute atomic E-state index is 0. The smallest absolute Gasteiger partial charge is 0.342 e. The highest BCUT2D eigenvalue weighted by atomic mass is 127. The number of benzene rings is 11. The van der Waals surface area contributed by atoms with Gasteiger partial charge in [0.2, 0.25) is 28.1 Å². The van der Waals surface area contributed by atoms with Crippen molar-refractivity contribution in [2.75, 3.05) is 54.0 Å². The first kappa shape index (κ1) is 101. The molecule has 0 spiro atoms. The Balaban J connectivity index is 0.000000125. The zero-order valence-corrected chi connectivity index (χ0v) is 93.8. The maximum absolute atomic E-state index is 13.8. The summed E-state index contributed by atoms with van der Waals surface area (Å²) in [6, 6.07) is 92.3. The van der Waals surface area contributed by atoms with Crippen LogP contribution in [0.4, 0.5) is 17.1 Å². The lowest BCUT2D eigenvalue weighted by Crippen LogP contribution is -3.00. The van der Waals surface area contributed by atoms with E-state index in [4.69, 9.17) is 9.72 Å². The fourth-order valence-corrected chi connectivity index (χ4v) is 29.7. The van der Waals surface area contributed by atoms with Crippen molar-refractivity contribution in [1.82, 2.24) is 23.6 Å². The highest BCUT2D eigenvalue weighted by molar-refractivity contribution is 8.08. The number of thioether (sulfide) groups is 2. The van der Waals surface area contributed by atoms with E-state index in [1.54, 1.807) is 39.0 Å². The van der Waals surface area contributed by atoms with Gasteiger partial charge in [-0.05, 0) is 204 Å². The third kappa shape index (κ3) is 19.7. The van der Waals surface area contributed by atoms with Crippen molar-refractivity contribution in [3.8, 4) is 17.1 Å². The molecule has 0 aliphatic carbocycles. The van der Waals surface area contributed by atoms with E-state index in [2.05, 4.69) is 401 Å². The SMILES string of the molecule is C(=C\c1cc[n+]2c3c(cccc13)Sc1ccccc1-2)/C=c1\ccn2c3ccccc3sc3cccc1c3-2.CCN(CC)CC[n+]1c(C=CC=C2Oc3ccccc3N2CC)sc2ccccc21.CCN1/C(=C/C=C/c2sc3cc4ccccc4nc3[n+]2CC)Sc2ccc3ccccc3c21.CCN1/C(=c2\s/c(=c3\s/c(=C/c4sc5ccccc5[n+]4CC)n(CC)c3=O)n(CC)c2=O)Sc2ccccc21.[I-].[I-].[I-]. The molecule has 27 heteroatoms. The second-order valence-electron chi connectivity index (χ2n) is 33.6. The number of para-hydroxylation sites is 10. The van der Waals surface area contributed by atoms with Gasteiger partial charge in [0.15, 0.2) is 29.0 Å². The highest BCUT2D eigenvalue weighted by Crippen LogP contribution is 2.51. The predicted molar refractivity (Wildman–Crippen MR) is 592 cm³/mol. The lowest BCUT2D eigenvalue weighted by Gasteiger charge is -2.19. The Labute approximate surface area is 913 Å². The van der Waals surface area contributed by atoms with Crippen LogP contribution in [-0.2, 0) is 32.7 Å². The van der Waals surface area contributed by atoms with Crippen molar-refractivity contribution >= 4 is 239 Å². The van der Waals surface area contributed by atoms with E-state index in [-0.39, 0.29) is 83.0 Å². The predicted octanol–water partition coefficient (Wildman–Crippen LogP) is 16.2. The van der Waals surface area contributed by atoms with Crippen molar-refractivity contribution in [1.29, 1.82) is 0 Å². The molecule has 0 N–H and O–H groups in total. The number of fused-ring (bicyclic) bond motifs is 13. The fourth-order valence-electron chi connectivity index (χ4n) is 19.0. The quantitative estimate of drug-likeness (QED) is 0.0335. The molecular weight excluding hydrogens is 2270 g/mol. The van der Waals surface area contributed by atoms with Crippen molar-refractivity contribution in [2.24, 2.45) is 0 Å². The molecule has 6 aliphatic rings. The summed E-state index contributed by atoms with van der Waals surface area (Å²) in [7, 11) is 0. The van der Waals surface area contributed by atoms with Gasteiger partial charge in [0.05, 0.1) is 77.0 Å². The normalized spacial score (nSPS) is 14.5. The first-order valence-electron chi connectivity index (χ1n) is 47.7. The van der Waals surface area contributed by atoms with Gasteiger partial charge in [-0.3, -0.25) is 23.6 Å². The molecule has 0 atom stereocenters. The van der Waals surface area contributed by atoms with Crippen LogP contribution in [0, 0.1) is 9.20 Å². The monoisotopic (exact) mass is 2370 g/mol. The molecule has 6 aliphatic heterocycles. The van der Waals surface area contributed by atoms with Gasteiger partial charge in [-0.25, -0.2) is 4.57 Å². The number of hydrogen-bond acceptors (Lipinski definition) is 17. The number of halogens is 3. The van der Waals surface area contributed by atoms with E-state index in [0.717, 1.165) is 117 Å². The maximum atomic E-state index is 13.8. The summed E-state index contributed by atoms with van der Waals surface area (Å²) in [5.41, 5.74) is 14.5. The molecule has 0 radical (unpaired) electrons. The van der Waals surface area contributed by atoms with E-state index in [9.17, 15) is 9.59 Å². The molecule has 716 valence electrons. The van der Waals surface area contributed by atoms with Crippen molar-refractivity contribution in [3.63, 3.8) is 0 Å². The number of hydrogen-bond donors (Lipinski definition) is 0. The Morgan fingerprint density at radius 3 is 1.82 bits per heavy atom. The average Bonchev–Trinajstić information content (AvgIpc) is 1.00. The van der Waals surface area contributed by atoms with Gasteiger partial charge in [0.25, 0.3) is 21.1 Å². The summed E-state index contributed by atoms with van der Waals surface area (Å²) in [5.74, 6) is 1.81. The number of anilines is 3. The van der Waals surface area contributed by atoms with Crippen LogP contribution in [0.5, 0.6) is 5.75 Å². The van der Waals surface area contributed by atoms with Gasteiger partial charge in [-0.1, -0.05) is 247 Å². The van der Waals surface area contributed by atoms with Crippen LogP contribution in [0.3, 0.4) is 0 Å². The van der Waals surface area contributed by atoms with Gasteiger partial charge < -0.3 is 95.9 Å². The van der Waals surface area contributed by atoms with Crippen molar-refractivity contribution in [3.05, 3.63) is 379 Å². The summed E-state index contributed by atoms with van der Waals surface area (Å²) in [6.45, 7) is 28.9. The van der Waals surface area contributed by atoms with E-state index in [0.29, 0.717) is 22.2 Å². The highest BCUT2D eigenvalue weighted by Gasteiger charge is 2.32. The molecule has 11 aromatic carbocycles. The van der Waals surface area contributed by atoms with Gasteiger partial charge >= 0.3 is 5.65 Å².